The fourth-order valence-corrected chi connectivity index (χ4v) is 4.12. The van der Waals surface area contributed by atoms with Gasteiger partial charge in [0.15, 0.2) is 0 Å². The Kier molecular flexibility index (Phi) is 8.81. The van der Waals surface area contributed by atoms with Crippen molar-refractivity contribution in [2.45, 2.75) is 52.1 Å². The molecule has 0 aliphatic carbocycles. The molecule has 1 aliphatic heterocycles. The van der Waals surface area contributed by atoms with Crippen molar-refractivity contribution in [1.82, 2.24) is 15.6 Å². The molecule has 1 fully saturated rings. The van der Waals surface area contributed by atoms with Gasteiger partial charge in [-0.25, -0.2) is 4.98 Å². The predicted molar refractivity (Wildman–Crippen MR) is 131 cm³/mol. The van der Waals surface area contributed by atoms with Crippen LogP contribution in [0.1, 0.15) is 55.5 Å². The van der Waals surface area contributed by atoms with E-state index >= 15 is 0 Å². The van der Waals surface area contributed by atoms with Gasteiger partial charge in [0.2, 0.25) is 5.91 Å². The summed E-state index contributed by atoms with van der Waals surface area (Å²) < 4.78 is 0. The summed E-state index contributed by atoms with van der Waals surface area (Å²) in [6.07, 6.45) is 6.62. The summed E-state index contributed by atoms with van der Waals surface area (Å²) in [6.45, 7) is 5.94. The zero-order valence-corrected chi connectivity index (χ0v) is 20.2. The lowest BCUT2D eigenvalue weighted by molar-refractivity contribution is -0.384. The smallest absolute Gasteiger partial charge is 0.270 e. The Bertz CT molecular complexity index is 1020. The highest BCUT2D eigenvalue weighted by Crippen LogP contribution is 2.23. The maximum atomic E-state index is 12.8. The van der Waals surface area contributed by atoms with Crippen molar-refractivity contribution in [3.8, 4) is 0 Å². The van der Waals surface area contributed by atoms with Gasteiger partial charge in [-0.05, 0) is 36.5 Å². The monoisotopic (exact) mass is 487 g/mol. The van der Waals surface area contributed by atoms with Crippen molar-refractivity contribution in [1.29, 1.82) is 0 Å². The molecule has 2 aromatic rings. The van der Waals surface area contributed by atoms with Crippen molar-refractivity contribution in [3.05, 3.63) is 62.8 Å². The number of nitrogens with zero attached hydrogens (tertiary/aromatic N) is 3. The molecule has 34 heavy (non-hydrogen) atoms. The van der Waals surface area contributed by atoms with Crippen molar-refractivity contribution >= 4 is 34.9 Å². The number of rotatable bonds is 8. The topological polar surface area (TPSA) is 117 Å². The second kappa shape index (κ2) is 11.8. The number of nitro benzene ring substituents is 1. The molecular formula is C24H30ClN5O4. The number of anilines is 1. The van der Waals surface area contributed by atoms with Gasteiger partial charge in [-0.15, -0.1) is 0 Å². The number of carbonyl (C=O) groups is 2. The molecule has 9 nitrogen and oxygen atoms in total. The van der Waals surface area contributed by atoms with E-state index in [9.17, 15) is 19.7 Å². The normalized spacial score (nSPS) is 14.9. The zero-order chi connectivity index (χ0) is 24.7. The molecule has 1 unspecified atom stereocenters. The summed E-state index contributed by atoms with van der Waals surface area (Å²) in [5.74, 6) is -0.149. The minimum absolute atomic E-state index is 0.0508. The number of nitro groups is 1. The number of nitrogens with one attached hydrogen (secondary N) is 2. The van der Waals surface area contributed by atoms with Crippen LogP contribution in [-0.2, 0) is 11.3 Å². The van der Waals surface area contributed by atoms with Gasteiger partial charge in [0.1, 0.15) is 11.9 Å². The molecule has 2 amide bonds. The maximum absolute atomic E-state index is 12.8. The summed E-state index contributed by atoms with van der Waals surface area (Å²) in [4.78, 5) is 42.7. The number of amides is 2. The highest BCUT2D eigenvalue weighted by atomic mass is 35.5. The average molecular weight is 488 g/mol. The predicted octanol–water partition coefficient (Wildman–Crippen LogP) is 4.09. The number of halogens is 1. The minimum Gasteiger partial charge on any atom is -0.357 e. The first-order valence-electron chi connectivity index (χ1n) is 11.5. The molecular weight excluding hydrogens is 458 g/mol. The molecule has 0 saturated carbocycles. The lowest BCUT2D eigenvalue weighted by atomic mass is 10.0. The minimum atomic E-state index is -0.803. The summed E-state index contributed by atoms with van der Waals surface area (Å²) in [5.41, 5.74) is 0.716. The fraction of sp³-hybridized carbons (Fsp3) is 0.458. The van der Waals surface area contributed by atoms with E-state index in [0.29, 0.717) is 0 Å². The molecule has 2 N–H and O–H groups in total. The molecule has 3 rings (SSSR count). The van der Waals surface area contributed by atoms with Crippen LogP contribution in [0.2, 0.25) is 5.02 Å². The number of non-ortho nitro benzene ring substituents is 1. The van der Waals surface area contributed by atoms with Gasteiger partial charge in [-0.3, -0.25) is 19.7 Å². The molecule has 1 aromatic carbocycles. The van der Waals surface area contributed by atoms with Gasteiger partial charge in [-0.2, -0.15) is 0 Å². The third-order valence-corrected chi connectivity index (χ3v) is 6.16. The summed E-state index contributed by atoms with van der Waals surface area (Å²) in [5, 5.41) is 16.4. The van der Waals surface area contributed by atoms with Gasteiger partial charge >= 0.3 is 0 Å². The summed E-state index contributed by atoms with van der Waals surface area (Å²) in [6, 6.07) is 6.72. The Morgan fingerprint density at radius 3 is 2.41 bits per heavy atom. The van der Waals surface area contributed by atoms with Crippen LogP contribution in [0.15, 0.2) is 36.5 Å². The first-order valence-corrected chi connectivity index (χ1v) is 11.9. The third kappa shape index (κ3) is 6.66. The van der Waals surface area contributed by atoms with Crippen LogP contribution in [0, 0.1) is 16.0 Å². The van der Waals surface area contributed by atoms with E-state index < -0.39 is 16.9 Å². The van der Waals surface area contributed by atoms with E-state index in [1.807, 2.05) is 26.0 Å². The first-order chi connectivity index (χ1) is 16.3. The van der Waals surface area contributed by atoms with Crippen LogP contribution in [0.4, 0.5) is 11.5 Å². The number of hydrogen-bond acceptors (Lipinski definition) is 6. The molecule has 1 atom stereocenters. The Balaban J connectivity index is 1.59. The standard InChI is InChI=1S/C24H30ClN5O4/c1-16(2)22(28-23(31)19-9-8-18(30(33)34)13-20(19)25)24(32)27-15-17-7-10-21(26-14-17)29-11-5-3-4-6-12-29/h7-10,13-14,16,22H,3-6,11-12,15H2,1-2H3,(H,27,32)(H,28,31). The highest BCUT2D eigenvalue weighted by Gasteiger charge is 2.26. The van der Waals surface area contributed by atoms with E-state index in [4.69, 9.17) is 11.6 Å². The van der Waals surface area contributed by atoms with Crippen LogP contribution >= 0.6 is 11.6 Å². The van der Waals surface area contributed by atoms with Crippen LogP contribution in [0.3, 0.4) is 0 Å². The Morgan fingerprint density at radius 1 is 1.15 bits per heavy atom. The SMILES string of the molecule is CC(C)C(NC(=O)c1ccc([N+](=O)[O-])cc1Cl)C(=O)NCc1ccc(N2CCCCCC2)nc1. The molecule has 182 valence electrons. The van der Waals surface area contributed by atoms with Crippen LogP contribution in [0.25, 0.3) is 0 Å². The van der Waals surface area contributed by atoms with E-state index in [1.54, 1.807) is 6.20 Å². The van der Waals surface area contributed by atoms with Gasteiger partial charge in [0, 0.05) is 38.0 Å². The van der Waals surface area contributed by atoms with Gasteiger partial charge in [-0.1, -0.05) is 44.4 Å². The zero-order valence-electron chi connectivity index (χ0n) is 19.4. The third-order valence-electron chi connectivity index (χ3n) is 5.85. The van der Waals surface area contributed by atoms with Crippen LogP contribution in [-0.4, -0.2) is 40.9 Å². The van der Waals surface area contributed by atoms with E-state index in [0.717, 1.165) is 30.5 Å². The highest BCUT2D eigenvalue weighted by molar-refractivity contribution is 6.34. The van der Waals surface area contributed by atoms with Gasteiger partial charge < -0.3 is 15.5 Å². The molecule has 1 aromatic heterocycles. The molecule has 0 bridgehead atoms. The number of aromatic nitrogens is 1. The lowest BCUT2D eigenvalue weighted by Gasteiger charge is -2.23. The molecule has 2 heterocycles. The molecule has 0 radical (unpaired) electrons. The van der Waals surface area contributed by atoms with E-state index in [2.05, 4.69) is 20.5 Å². The number of hydrogen-bond donors (Lipinski definition) is 2. The van der Waals surface area contributed by atoms with Crippen molar-refractivity contribution < 1.29 is 14.5 Å². The second-order valence-corrected chi connectivity index (χ2v) is 9.17. The Hall–Kier alpha value is -3.20. The van der Waals surface area contributed by atoms with E-state index in [-0.39, 0.29) is 34.6 Å². The molecule has 1 aliphatic rings. The fourth-order valence-electron chi connectivity index (χ4n) is 3.86. The first kappa shape index (κ1) is 25.4. The summed E-state index contributed by atoms with van der Waals surface area (Å²) in [7, 11) is 0. The molecule has 0 spiro atoms. The van der Waals surface area contributed by atoms with Crippen LogP contribution in [0.5, 0.6) is 0 Å². The quantitative estimate of drug-likeness (QED) is 0.427. The number of pyridine rings is 1. The van der Waals surface area contributed by atoms with Gasteiger partial charge in [0.05, 0.1) is 15.5 Å². The maximum Gasteiger partial charge on any atom is 0.270 e. The number of benzene rings is 1. The van der Waals surface area contributed by atoms with E-state index in [1.165, 1.54) is 37.8 Å². The van der Waals surface area contributed by atoms with Gasteiger partial charge in [0.25, 0.3) is 11.6 Å². The lowest BCUT2D eigenvalue weighted by Crippen LogP contribution is -2.49. The Morgan fingerprint density at radius 2 is 1.85 bits per heavy atom. The summed E-state index contributed by atoms with van der Waals surface area (Å²) >= 11 is 6.05. The second-order valence-electron chi connectivity index (χ2n) is 8.76. The average Bonchev–Trinajstić information content (AvgIpc) is 3.10. The Labute approximate surface area is 204 Å². The molecule has 10 heteroatoms. The van der Waals surface area contributed by atoms with Crippen molar-refractivity contribution in [2.75, 3.05) is 18.0 Å². The number of carbonyl (C=O) groups excluding carboxylic acids is 2. The molecule has 1 saturated heterocycles. The van der Waals surface area contributed by atoms with Crippen molar-refractivity contribution in [3.63, 3.8) is 0 Å². The van der Waals surface area contributed by atoms with Crippen molar-refractivity contribution in [2.24, 2.45) is 5.92 Å². The largest absolute Gasteiger partial charge is 0.357 e. The van der Waals surface area contributed by atoms with Crippen LogP contribution < -0.4 is 15.5 Å².